The number of nitrogen functional groups attached to an aromatic ring is 1. The number of para-hydroxylation sites is 1. The highest BCUT2D eigenvalue weighted by Gasteiger charge is 2.41. The molecular weight excluding hydrogens is 597 g/mol. The summed E-state index contributed by atoms with van der Waals surface area (Å²) in [4.78, 5) is 8.31. The van der Waals surface area contributed by atoms with Gasteiger partial charge in [0.25, 0.3) is 0 Å². The number of nitrogens with one attached hydrogen (secondary N) is 1. The van der Waals surface area contributed by atoms with Crippen LogP contribution in [-0.2, 0) is 15.1 Å². The van der Waals surface area contributed by atoms with Crippen molar-refractivity contribution in [2.75, 3.05) is 26.1 Å². The van der Waals surface area contributed by atoms with E-state index in [4.69, 9.17) is 20.2 Å². The van der Waals surface area contributed by atoms with Crippen molar-refractivity contribution in [1.29, 1.82) is 0 Å². The number of rotatable bonds is 8. The van der Waals surface area contributed by atoms with Crippen LogP contribution in [0.2, 0.25) is 0 Å². The van der Waals surface area contributed by atoms with Gasteiger partial charge in [-0.2, -0.15) is 14.7 Å². The maximum absolute atomic E-state index is 6.60. The molecule has 196 valence electrons. The smallest absolute Gasteiger partial charge is 0.165 e. The van der Waals surface area contributed by atoms with Crippen molar-refractivity contribution in [3.8, 4) is 16.8 Å². The largest absolute Gasteiger partial charge is 0.383 e. The van der Waals surface area contributed by atoms with Gasteiger partial charge < -0.3 is 20.2 Å². The Morgan fingerprint density at radius 2 is 1.95 bits per heavy atom. The Morgan fingerprint density at radius 1 is 1.13 bits per heavy atom. The zero-order valence-corrected chi connectivity index (χ0v) is 23.1. The van der Waals surface area contributed by atoms with Crippen LogP contribution in [0.4, 0.5) is 5.82 Å². The average Bonchev–Trinajstić information content (AvgIpc) is 3.73. The first-order valence-electron chi connectivity index (χ1n) is 12.5. The minimum absolute atomic E-state index is 0.228. The third kappa shape index (κ3) is 4.46. The minimum Gasteiger partial charge on any atom is -0.383 e. The van der Waals surface area contributed by atoms with Gasteiger partial charge in [-0.1, -0.05) is 18.2 Å². The summed E-state index contributed by atoms with van der Waals surface area (Å²) in [6.07, 6.45) is 10.6. The Bertz CT molecular complexity index is 1520. The number of nitrogens with two attached hydrogens (primary N) is 1. The fraction of sp³-hybridized carbons (Fsp3) is 0.346. The molecule has 11 nitrogen and oxygen atoms in total. The van der Waals surface area contributed by atoms with Crippen molar-refractivity contribution in [3.05, 3.63) is 70.3 Å². The molecule has 1 saturated carbocycles. The highest BCUT2D eigenvalue weighted by molar-refractivity contribution is 14.1. The lowest BCUT2D eigenvalue weighted by Gasteiger charge is -2.38. The summed E-state index contributed by atoms with van der Waals surface area (Å²) in [5.74, 6) is 1.58. The zero-order chi connectivity index (χ0) is 26.1. The molecule has 0 aliphatic heterocycles. The molecule has 1 aromatic carbocycles. The lowest BCUT2D eigenvalue weighted by atomic mass is 9.76. The number of ether oxygens (including phenoxy) is 2. The molecule has 1 aliphatic rings. The molecule has 0 amide bonds. The molecular formula is C26H28IN9O2. The normalized spacial score (nSPS) is 19.8. The molecule has 1 aliphatic carbocycles. The lowest BCUT2D eigenvalue weighted by molar-refractivity contribution is -0.0976. The molecule has 0 spiro atoms. The van der Waals surface area contributed by atoms with Crippen molar-refractivity contribution >= 4 is 34.1 Å². The van der Waals surface area contributed by atoms with Crippen molar-refractivity contribution in [1.82, 2.24) is 39.6 Å². The van der Waals surface area contributed by atoms with Gasteiger partial charge in [-0.25, -0.2) is 9.67 Å². The molecule has 0 radical (unpaired) electrons. The molecule has 0 atom stereocenters. The molecule has 38 heavy (non-hydrogen) atoms. The van der Waals surface area contributed by atoms with E-state index in [0.717, 1.165) is 63.2 Å². The molecule has 1 fully saturated rings. The molecule has 0 bridgehead atoms. The number of aromatic nitrogens is 8. The number of nitrogens with zero attached hydrogens (tertiary/aromatic N) is 7. The maximum Gasteiger partial charge on any atom is 0.165 e. The van der Waals surface area contributed by atoms with Crippen LogP contribution in [-0.4, -0.2) is 59.9 Å². The SMILES string of the molecule is COCCOC1(c2nnc[nH]2)CCC(c2nc3c(-c4cnn(-c5ccccc5)c4)cnn3c(N)c2I)CC1. The van der Waals surface area contributed by atoms with Gasteiger partial charge in [-0.15, -0.1) is 10.2 Å². The van der Waals surface area contributed by atoms with Crippen LogP contribution in [0.5, 0.6) is 0 Å². The second kappa shape index (κ2) is 10.4. The monoisotopic (exact) mass is 625 g/mol. The van der Waals surface area contributed by atoms with Crippen molar-refractivity contribution in [2.45, 2.75) is 37.2 Å². The van der Waals surface area contributed by atoms with Gasteiger partial charge in [-0.3, -0.25) is 0 Å². The standard InChI is InChI=1S/C26H28IN9O2/c1-37-11-12-38-26(25-29-16-30-34-25)9-7-17(8-10-26)22-21(27)23(28)36-24(33-22)20(14-32-36)18-13-31-35(15-18)19-5-3-2-4-6-19/h2-6,13-17H,7-12,28H2,1H3,(H,29,30,34). The predicted molar refractivity (Wildman–Crippen MR) is 150 cm³/mol. The summed E-state index contributed by atoms with van der Waals surface area (Å²) in [5, 5.41) is 17.4. The molecule has 0 unspecified atom stereocenters. The Kier molecular flexibility index (Phi) is 6.84. The minimum atomic E-state index is -0.513. The van der Waals surface area contributed by atoms with Gasteiger partial charge in [0.05, 0.1) is 40.6 Å². The second-order valence-electron chi connectivity index (χ2n) is 9.45. The Morgan fingerprint density at radius 3 is 2.68 bits per heavy atom. The third-order valence-electron chi connectivity index (χ3n) is 7.26. The highest BCUT2D eigenvalue weighted by Crippen LogP contribution is 2.45. The summed E-state index contributed by atoms with van der Waals surface area (Å²) in [5.41, 5.74) is 10.6. The van der Waals surface area contributed by atoms with E-state index < -0.39 is 5.60 Å². The summed E-state index contributed by atoms with van der Waals surface area (Å²) in [6, 6.07) is 10.0. The molecule has 0 saturated heterocycles. The van der Waals surface area contributed by atoms with E-state index in [1.165, 1.54) is 0 Å². The Balaban J connectivity index is 1.31. The molecule has 12 heteroatoms. The van der Waals surface area contributed by atoms with Crippen molar-refractivity contribution in [3.63, 3.8) is 0 Å². The zero-order valence-electron chi connectivity index (χ0n) is 20.9. The first-order chi connectivity index (χ1) is 18.6. The fourth-order valence-corrected chi connectivity index (χ4v) is 6.02. The summed E-state index contributed by atoms with van der Waals surface area (Å²) >= 11 is 2.30. The van der Waals surface area contributed by atoms with E-state index in [0.29, 0.717) is 19.0 Å². The van der Waals surface area contributed by atoms with Gasteiger partial charge in [-0.05, 0) is 60.4 Å². The molecule has 4 heterocycles. The maximum atomic E-state index is 6.60. The number of fused-ring (bicyclic) bond motifs is 1. The van der Waals surface area contributed by atoms with Crippen LogP contribution in [0.25, 0.3) is 22.5 Å². The quantitative estimate of drug-likeness (QED) is 0.195. The van der Waals surface area contributed by atoms with E-state index in [2.05, 4.69) is 48.0 Å². The van der Waals surface area contributed by atoms with E-state index in [-0.39, 0.29) is 5.92 Å². The van der Waals surface area contributed by atoms with E-state index in [1.807, 2.05) is 53.6 Å². The number of H-pyrrole nitrogens is 1. The summed E-state index contributed by atoms with van der Waals surface area (Å²) < 4.78 is 16.1. The van der Waals surface area contributed by atoms with Crippen molar-refractivity contribution < 1.29 is 9.47 Å². The number of benzene rings is 1. The van der Waals surface area contributed by atoms with Crippen molar-refractivity contribution in [2.24, 2.45) is 0 Å². The van der Waals surface area contributed by atoms with Crippen LogP contribution >= 0.6 is 22.6 Å². The molecule has 4 aromatic heterocycles. The predicted octanol–water partition coefficient (Wildman–Crippen LogP) is 4.10. The van der Waals surface area contributed by atoms with Crippen LogP contribution < -0.4 is 5.73 Å². The molecule has 5 aromatic rings. The van der Waals surface area contributed by atoms with E-state index in [1.54, 1.807) is 18.0 Å². The van der Waals surface area contributed by atoms with E-state index >= 15 is 0 Å². The number of hydrogen-bond acceptors (Lipinski definition) is 8. The fourth-order valence-electron chi connectivity index (χ4n) is 5.23. The summed E-state index contributed by atoms with van der Waals surface area (Å²) in [7, 11) is 1.67. The Labute approximate surface area is 232 Å². The second-order valence-corrected chi connectivity index (χ2v) is 10.5. The van der Waals surface area contributed by atoms with Crippen LogP contribution in [0.1, 0.15) is 43.1 Å². The highest BCUT2D eigenvalue weighted by atomic mass is 127. The third-order valence-corrected chi connectivity index (χ3v) is 8.36. The summed E-state index contributed by atoms with van der Waals surface area (Å²) in [6.45, 7) is 1.02. The van der Waals surface area contributed by atoms with Crippen LogP contribution in [0.15, 0.2) is 55.2 Å². The van der Waals surface area contributed by atoms with Crippen LogP contribution in [0.3, 0.4) is 0 Å². The van der Waals surface area contributed by atoms with E-state index in [9.17, 15) is 0 Å². The number of methoxy groups -OCH3 is 1. The number of hydrogen-bond donors (Lipinski definition) is 2. The van der Waals surface area contributed by atoms with Gasteiger partial charge in [0.2, 0.25) is 0 Å². The van der Waals surface area contributed by atoms with Gasteiger partial charge in [0.15, 0.2) is 11.5 Å². The van der Waals surface area contributed by atoms with Gasteiger partial charge >= 0.3 is 0 Å². The number of halogens is 1. The van der Waals surface area contributed by atoms with Crippen LogP contribution in [0, 0.1) is 3.57 Å². The Hall–Kier alpha value is -3.36. The molecule has 3 N–H and O–H groups in total. The first kappa shape index (κ1) is 24.9. The lowest BCUT2D eigenvalue weighted by Crippen LogP contribution is -2.36. The van der Waals surface area contributed by atoms with Gasteiger partial charge in [0.1, 0.15) is 17.7 Å². The topological polar surface area (TPSA) is 134 Å². The molecule has 6 rings (SSSR count). The average molecular weight is 625 g/mol. The number of anilines is 1. The van der Waals surface area contributed by atoms with Gasteiger partial charge in [0, 0.05) is 30.4 Å². The first-order valence-corrected chi connectivity index (χ1v) is 13.6. The number of aromatic amines is 1.